The number of fused-ring (bicyclic) bond motifs is 3. The highest BCUT2D eigenvalue weighted by Gasteiger charge is 2.17. The second-order valence-electron chi connectivity index (χ2n) is 5.14. The Bertz CT molecular complexity index is 1240. The first kappa shape index (κ1) is 15.3. The van der Waals surface area contributed by atoms with Crippen LogP contribution in [0.25, 0.3) is 21.8 Å². The van der Waals surface area contributed by atoms with Gasteiger partial charge in [-0.25, -0.2) is 8.42 Å². The second-order valence-corrected chi connectivity index (χ2v) is 8.77. The lowest BCUT2D eigenvalue weighted by Crippen LogP contribution is -2.11. The Morgan fingerprint density at radius 1 is 1.08 bits per heavy atom. The molecule has 6 nitrogen and oxygen atoms in total. The molecule has 0 aliphatic carbocycles. The summed E-state index contributed by atoms with van der Waals surface area (Å²) in [4.78, 5) is 17.6. The number of thiophene rings is 1. The lowest BCUT2D eigenvalue weighted by molar-refractivity contribution is 0.603. The van der Waals surface area contributed by atoms with E-state index >= 15 is 0 Å². The van der Waals surface area contributed by atoms with Gasteiger partial charge in [-0.05, 0) is 36.4 Å². The fourth-order valence-electron chi connectivity index (χ4n) is 2.55. The van der Waals surface area contributed by atoms with E-state index in [1.165, 1.54) is 12.1 Å². The Hall–Kier alpha value is -2.29. The molecular formula is C15H10ClN3O3S2. The number of benzene rings is 1. The summed E-state index contributed by atoms with van der Waals surface area (Å²) >= 11 is 6.79. The first-order chi connectivity index (χ1) is 11.4. The normalized spacial score (nSPS) is 12.0. The van der Waals surface area contributed by atoms with E-state index in [9.17, 15) is 13.2 Å². The van der Waals surface area contributed by atoms with Crippen molar-refractivity contribution in [1.82, 2.24) is 9.97 Å². The minimum Gasteiger partial charge on any atom is -0.357 e. The van der Waals surface area contributed by atoms with Gasteiger partial charge in [-0.15, -0.1) is 11.3 Å². The summed E-state index contributed by atoms with van der Waals surface area (Å²) in [5, 5.41) is 1.48. The number of sulfonamides is 1. The summed E-state index contributed by atoms with van der Waals surface area (Å²) < 4.78 is 27.9. The van der Waals surface area contributed by atoms with E-state index in [0.29, 0.717) is 21.1 Å². The van der Waals surface area contributed by atoms with Crippen LogP contribution in [-0.2, 0) is 10.0 Å². The van der Waals surface area contributed by atoms with Gasteiger partial charge >= 0.3 is 0 Å². The smallest absolute Gasteiger partial charge is 0.272 e. The molecule has 0 bridgehead atoms. The Morgan fingerprint density at radius 3 is 2.67 bits per heavy atom. The molecule has 0 aliphatic heterocycles. The molecule has 3 aromatic heterocycles. The molecule has 9 heteroatoms. The zero-order chi connectivity index (χ0) is 16.9. The molecule has 0 fully saturated rings. The number of rotatable bonds is 3. The van der Waals surface area contributed by atoms with Crippen molar-refractivity contribution in [3.63, 3.8) is 0 Å². The standard InChI is InChI=1S/C15H10ClN3O3S2/c16-12-3-4-13(23-12)24(21,22)19-8-1-2-11-10(7-8)9-5-6-17-14(9)15(20)18-11/h1-7,17,19H,(H,18,20). The molecule has 3 heterocycles. The Balaban J connectivity index is 1.83. The number of nitrogens with one attached hydrogen (secondary N) is 3. The van der Waals surface area contributed by atoms with E-state index in [4.69, 9.17) is 11.6 Å². The first-order valence-electron chi connectivity index (χ1n) is 6.85. The number of hydrogen-bond acceptors (Lipinski definition) is 4. The van der Waals surface area contributed by atoms with Gasteiger partial charge in [0.15, 0.2) is 0 Å². The molecule has 0 saturated carbocycles. The van der Waals surface area contributed by atoms with Crippen molar-refractivity contribution in [2.24, 2.45) is 0 Å². The molecular weight excluding hydrogens is 370 g/mol. The monoisotopic (exact) mass is 379 g/mol. The van der Waals surface area contributed by atoms with E-state index in [-0.39, 0.29) is 9.77 Å². The Kier molecular flexibility index (Phi) is 3.41. The van der Waals surface area contributed by atoms with Gasteiger partial charge in [0.05, 0.1) is 4.34 Å². The van der Waals surface area contributed by atoms with Crippen molar-refractivity contribution in [3.8, 4) is 0 Å². The van der Waals surface area contributed by atoms with Crippen LogP contribution in [0.3, 0.4) is 0 Å². The van der Waals surface area contributed by atoms with Crippen molar-refractivity contribution < 1.29 is 8.42 Å². The molecule has 0 amide bonds. The molecule has 3 N–H and O–H groups in total. The number of aromatic amines is 2. The van der Waals surface area contributed by atoms with Crippen LogP contribution in [0.15, 0.2) is 51.6 Å². The van der Waals surface area contributed by atoms with E-state index in [1.54, 1.807) is 30.5 Å². The maximum atomic E-state index is 12.4. The zero-order valence-electron chi connectivity index (χ0n) is 12.0. The van der Waals surface area contributed by atoms with Crippen molar-refractivity contribution in [1.29, 1.82) is 0 Å². The van der Waals surface area contributed by atoms with Crippen LogP contribution in [0.1, 0.15) is 0 Å². The molecule has 122 valence electrons. The molecule has 0 spiro atoms. The van der Waals surface area contributed by atoms with E-state index < -0.39 is 10.0 Å². The van der Waals surface area contributed by atoms with E-state index in [1.807, 2.05) is 0 Å². The van der Waals surface area contributed by atoms with Crippen molar-refractivity contribution in [3.05, 3.63) is 57.3 Å². The lowest BCUT2D eigenvalue weighted by Gasteiger charge is -2.08. The summed E-state index contributed by atoms with van der Waals surface area (Å²) in [7, 11) is -3.70. The van der Waals surface area contributed by atoms with Gasteiger partial charge in [0.2, 0.25) is 0 Å². The molecule has 0 radical (unpaired) electrons. The quantitative estimate of drug-likeness (QED) is 0.508. The third kappa shape index (κ3) is 2.48. The number of anilines is 1. The van der Waals surface area contributed by atoms with Crippen molar-refractivity contribution in [2.45, 2.75) is 4.21 Å². The summed E-state index contributed by atoms with van der Waals surface area (Å²) in [6.45, 7) is 0. The molecule has 0 saturated heterocycles. The first-order valence-corrected chi connectivity index (χ1v) is 9.53. The number of halogens is 1. The van der Waals surface area contributed by atoms with Crippen LogP contribution in [0.2, 0.25) is 4.34 Å². The maximum absolute atomic E-state index is 12.4. The van der Waals surface area contributed by atoms with Gasteiger partial charge in [-0.1, -0.05) is 11.6 Å². The van der Waals surface area contributed by atoms with Gasteiger partial charge in [0.1, 0.15) is 9.73 Å². The third-order valence-corrected chi connectivity index (χ3v) is 6.70. The number of aromatic nitrogens is 2. The number of pyridine rings is 1. The van der Waals surface area contributed by atoms with Crippen LogP contribution < -0.4 is 10.3 Å². The summed E-state index contributed by atoms with van der Waals surface area (Å²) in [6, 6.07) is 9.73. The van der Waals surface area contributed by atoms with Crippen LogP contribution in [0.4, 0.5) is 5.69 Å². The van der Waals surface area contributed by atoms with E-state index in [0.717, 1.165) is 22.1 Å². The van der Waals surface area contributed by atoms with Gasteiger partial charge < -0.3 is 9.97 Å². The maximum Gasteiger partial charge on any atom is 0.272 e. The molecule has 24 heavy (non-hydrogen) atoms. The topological polar surface area (TPSA) is 94.8 Å². The third-order valence-electron chi connectivity index (χ3n) is 3.60. The predicted octanol–water partition coefficient (Wildman–Crippen LogP) is 3.53. The minimum atomic E-state index is -3.70. The Labute approximate surface area is 145 Å². The molecule has 0 unspecified atom stereocenters. The molecule has 4 aromatic rings. The van der Waals surface area contributed by atoms with Crippen LogP contribution in [0, 0.1) is 0 Å². The average molecular weight is 380 g/mol. The summed E-state index contributed by atoms with van der Waals surface area (Å²) in [5.74, 6) is 0. The molecule has 0 atom stereocenters. The van der Waals surface area contributed by atoms with E-state index in [2.05, 4.69) is 14.7 Å². The Morgan fingerprint density at radius 2 is 1.92 bits per heavy atom. The lowest BCUT2D eigenvalue weighted by atomic mass is 10.1. The number of hydrogen-bond donors (Lipinski definition) is 3. The minimum absolute atomic E-state index is 0.140. The molecule has 4 rings (SSSR count). The van der Waals surface area contributed by atoms with Crippen LogP contribution >= 0.6 is 22.9 Å². The van der Waals surface area contributed by atoms with Crippen LogP contribution in [0.5, 0.6) is 0 Å². The van der Waals surface area contributed by atoms with Gasteiger partial charge in [-0.2, -0.15) is 0 Å². The van der Waals surface area contributed by atoms with Crippen LogP contribution in [-0.4, -0.2) is 18.4 Å². The fourth-order valence-corrected chi connectivity index (χ4v) is 5.09. The summed E-state index contributed by atoms with van der Waals surface area (Å²) in [6.07, 6.45) is 1.67. The largest absolute Gasteiger partial charge is 0.357 e. The van der Waals surface area contributed by atoms with Gasteiger partial charge in [0.25, 0.3) is 15.6 Å². The molecule has 0 aliphatic rings. The second kappa shape index (κ2) is 5.37. The SMILES string of the molecule is O=c1[nH]c2ccc(NS(=O)(=O)c3ccc(Cl)s3)cc2c2cc[nH]c12. The number of H-pyrrole nitrogens is 2. The van der Waals surface area contributed by atoms with Gasteiger partial charge in [-0.3, -0.25) is 9.52 Å². The predicted molar refractivity (Wildman–Crippen MR) is 96.6 cm³/mol. The summed E-state index contributed by atoms with van der Waals surface area (Å²) in [5.41, 5.74) is 1.27. The van der Waals surface area contributed by atoms with Crippen molar-refractivity contribution in [2.75, 3.05) is 4.72 Å². The highest BCUT2D eigenvalue weighted by Crippen LogP contribution is 2.29. The van der Waals surface area contributed by atoms with Crippen molar-refractivity contribution >= 4 is 60.5 Å². The highest BCUT2D eigenvalue weighted by molar-refractivity contribution is 7.94. The zero-order valence-corrected chi connectivity index (χ0v) is 14.3. The highest BCUT2D eigenvalue weighted by atomic mass is 35.5. The fraction of sp³-hybridized carbons (Fsp3) is 0. The van der Waals surface area contributed by atoms with Gasteiger partial charge in [0, 0.05) is 28.2 Å². The average Bonchev–Trinajstić information content (AvgIpc) is 3.17. The molecule has 1 aromatic carbocycles.